The van der Waals surface area contributed by atoms with Crippen molar-refractivity contribution in [3.05, 3.63) is 24.2 Å². The zero-order valence-electron chi connectivity index (χ0n) is 22.8. The average Bonchev–Trinajstić information content (AvgIpc) is 3.62. The van der Waals surface area contributed by atoms with Crippen molar-refractivity contribution in [1.29, 1.82) is 0 Å². The van der Waals surface area contributed by atoms with Gasteiger partial charge in [0.15, 0.2) is 0 Å². The summed E-state index contributed by atoms with van der Waals surface area (Å²) in [6.45, 7) is 10.8. The summed E-state index contributed by atoms with van der Waals surface area (Å²) in [5.41, 5.74) is 1.08. The van der Waals surface area contributed by atoms with E-state index in [-0.39, 0.29) is 5.41 Å². The van der Waals surface area contributed by atoms with Crippen molar-refractivity contribution < 1.29 is 19.0 Å². The first-order valence-corrected chi connectivity index (χ1v) is 15.1. The first-order chi connectivity index (χ1) is 17.4. The molecular weight excluding hydrogens is 450 g/mol. The molecule has 4 saturated carbocycles. The number of rotatable bonds is 8. The standard InChI is InChI=1S/C31H49NO4/c1-29-11-7-25(36-20-19-34-18-16-32-14-3-4-15-32)21-24(29)5-6-28-27(29)8-12-30(2)26(9-13-31(28,30)33)23-10-17-35-22-23/h10,17,22,24-28,33H,3-9,11-16,18-21H2,1-2H3/t24-,25+,26-,27+,28-,29+,30-,31+/m1/s1. The molecule has 8 atom stereocenters. The molecule has 1 aromatic rings. The number of hydrogen-bond acceptors (Lipinski definition) is 5. The Hall–Kier alpha value is -0.880. The van der Waals surface area contributed by atoms with Gasteiger partial charge >= 0.3 is 0 Å². The minimum absolute atomic E-state index is 0.0314. The van der Waals surface area contributed by atoms with Crippen LogP contribution in [0.1, 0.15) is 96.0 Å². The quantitative estimate of drug-likeness (QED) is 0.443. The van der Waals surface area contributed by atoms with E-state index >= 15 is 0 Å². The summed E-state index contributed by atoms with van der Waals surface area (Å²) in [6, 6.07) is 2.13. The Bertz CT molecular complexity index is 868. The maximum absolute atomic E-state index is 12.4. The highest BCUT2D eigenvalue weighted by Crippen LogP contribution is 2.70. The van der Waals surface area contributed by atoms with Gasteiger partial charge in [-0.05, 0) is 124 Å². The molecule has 5 fully saturated rings. The van der Waals surface area contributed by atoms with Crippen molar-refractivity contribution in [3.63, 3.8) is 0 Å². The van der Waals surface area contributed by atoms with Crippen molar-refractivity contribution in [2.75, 3.05) is 39.5 Å². The molecule has 5 aliphatic rings. The highest BCUT2D eigenvalue weighted by molar-refractivity contribution is 5.26. The third-order valence-electron chi connectivity index (χ3n) is 12.1. The number of nitrogens with zero attached hydrogens (tertiary/aromatic N) is 1. The lowest BCUT2D eigenvalue weighted by Crippen LogP contribution is -2.62. The number of hydrogen-bond donors (Lipinski definition) is 1. The maximum atomic E-state index is 12.4. The molecule has 36 heavy (non-hydrogen) atoms. The molecule has 0 spiro atoms. The van der Waals surface area contributed by atoms with Gasteiger partial charge in [-0.15, -0.1) is 0 Å². The minimum atomic E-state index is -0.536. The van der Waals surface area contributed by atoms with Crippen LogP contribution < -0.4 is 0 Å². The molecule has 0 amide bonds. The SMILES string of the molecule is C[C@]12CC[C@H](OCCOCCN3CCCC3)C[C@H]1CC[C@@H]1[C@@H]2CC[C@]2(C)[C@@H](c3ccoc3)CC[C@]12O. The number of likely N-dealkylation sites (tertiary alicyclic amines) is 1. The average molecular weight is 500 g/mol. The van der Waals surface area contributed by atoms with Crippen LogP contribution in [-0.2, 0) is 9.47 Å². The number of fused-ring (bicyclic) bond motifs is 5. The Kier molecular flexibility index (Phi) is 7.07. The predicted octanol–water partition coefficient (Wildman–Crippen LogP) is 6.02. The lowest BCUT2D eigenvalue weighted by Gasteiger charge is -2.63. The third-order valence-corrected chi connectivity index (χ3v) is 12.1. The lowest BCUT2D eigenvalue weighted by atomic mass is 9.43. The molecule has 202 valence electrons. The molecule has 5 nitrogen and oxygen atoms in total. The predicted molar refractivity (Wildman–Crippen MR) is 141 cm³/mol. The fraction of sp³-hybridized carbons (Fsp3) is 0.871. The van der Waals surface area contributed by atoms with E-state index in [0.29, 0.717) is 29.3 Å². The fourth-order valence-corrected chi connectivity index (χ4v) is 9.92. The molecule has 1 N–H and O–H groups in total. The van der Waals surface area contributed by atoms with E-state index in [2.05, 4.69) is 24.8 Å². The molecular formula is C31H49NO4. The van der Waals surface area contributed by atoms with Gasteiger partial charge in [0, 0.05) is 12.0 Å². The van der Waals surface area contributed by atoms with Crippen LogP contribution in [-0.4, -0.2) is 61.2 Å². The highest BCUT2D eigenvalue weighted by Gasteiger charge is 2.67. The molecule has 5 heteroatoms. The van der Waals surface area contributed by atoms with E-state index < -0.39 is 5.60 Å². The summed E-state index contributed by atoms with van der Waals surface area (Å²) in [5.74, 6) is 2.24. The fourth-order valence-electron chi connectivity index (χ4n) is 9.92. The van der Waals surface area contributed by atoms with Crippen molar-refractivity contribution in [3.8, 4) is 0 Å². The van der Waals surface area contributed by atoms with E-state index in [1.54, 1.807) is 6.26 Å². The van der Waals surface area contributed by atoms with Gasteiger partial charge in [-0.25, -0.2) is 0 Å². The van der Waals surface area contributed by atoms with Gasteiger partial charge in [0.25, 0.3) is 0 Å². The Morgan fingerprint density at radius 3 is 2.64 bits per heavy atom. The highest BCUT2D eigenvalue weighted by atomic mass is 16.5. The van der Waals surface area contributed by atoms with Crippen LogP contribution >= 0.6 is 0 Å². The summed E-state index contributed by atoms with van der Waals surface area (Å²) < 4.78 is 17.7. The topological polar surface area (TPSA) is 55.1 Å². The van der Waals surface area contributed by atoms with Crippen LogP contribution in [0.15, 0.2) is 23.0 Å². The zero-order chi connectivity index (χ0) is 24.8. The van der Waals surface area contributed by atoms with Gasteiger partial charge in [0.2, 0.25) is 0 Å². The summed E-state index contributed by atoms with van der Waals surface area (Å²) >= 11 is 0. The van der Waals surface area contributed by atoms with Crippen LogP contribution in [0.25, 0.3) is 0 Å². The van der Waals surface area contributed by atoms with Gasteiger partial charge in [-0.1, -0.05) is 13.8 Å². The van der Waals surface area contributed by atoms with Crippen molar-refractivity contribution >= 4 is 0 Å². The third kappa shape index (κ3) is 4.21. The molecule has 2 heterocycles. The van der Waals surface area contributed by atoms with Crippen molar-refractivity contribution in [2.24, 2.45) is 28.6 Å². The smallest absolute Gasteiger partial charge is 0.0937 e. The molecule has 1 saturated heterocycles. The van der Waals surface area contributed by atoms with E-state index in [4.69, 9.17) is 13.9 Å². The minimum Gasteiger partial charge on any atom is -0.472 e. The number of ether oxygens (including phenoxy) is 2. The first kappa shape index (κ1) is 25.4. The van der Waals surface area contributed by atoms with Crippen LogP contribution in [0.5, 0.6) is 0 Å². The Balaban J connectivity index is 1.03. The summed E-state index contributed by atoms with van der Waals surface area (Å²) in [4.78, 5) is 2.51. The zero-order valence-corrected chi connectivity index (χ0v) is 22.8. The number of furan rings is 1. The first-order valence-electron chi connectivity index (χ1n) is 15.1. The van der Waals surface area contributed by atoms with E-state index in [1.807, 2.05) is 6.26 Å². The van der Waals surface area contributed by atoms with Gasteiger partial charge < -0.3 is 23.9 Å². The second-order valence-corrected chi connectivity index (χ2v) is 13.4. The molecule has 0 bridgehead atoms. The lowest BCUT2D eigenvalue weighted by molar-refractivity contribution is -0.207. The van der Waals surface area contributed by atoms with E-state index in [1.165, 1.54) is 63.6 Å². The summed E-state index contributed by atoms with van der Waals surface area (Å²) in [6.07, 6.45) is 17.3. The molecule has 0 unspecified atom stereocenters. The van der Waals surface area contributed by atoms with Gasteiger partial charge in [0.05, 0.1) is 44.1 Å². The maximum Gasteiger partial charge on any atom is 0.0937 e. The Morgan fingerprint density at radius 2 is 1.83 bits per heavy atom. The largest absolute Gasteiger partial charge is 0.472 e. The monoisotopic (exact) mass is 499 g/mol. The van der Waals surface area contributed by atoms with E-state index in [0.717, 1.165) is 58.0 Å². The van der Waals surface area contributed by atoms with Crippen LogP contribution in [0.4, 0.5) is 0 Å². The summed E-state index contributed by atoms with van der Waals surface area (Å²) in [5, 5.41) is 12.4. The molecule has 0 aromatic carbocycles. The van der Waals surface area contributed by atoms with Crippen molar-refractivity contribution in [1.82, 2.24) is 4.90 Å². The second-order valence-electron chi connectivity index (χ2n) is 13.4. The van der Waals surface area contributed by atoms with Crippen LogP contribution in [0.2, 0.25) is 0 Å². The molecule has 1 aromatic heterocycles. The Labute approximate surface area is 218 Å². The Morgan fingerprint density at radius 1 is 0.972 bits per heavy atom. The van der Waals surface area contributed by atoms with Gasteiger partial charge in [-0.2, -0.15) is 0 Å². The van der Waals surface area contributed by atoms with Crippen molar-refractivity contribution in [2.45, 2.75) is 102 Å². The second kappa shape index (κ2) is 10.0. The van der Waals surface area contributed by atoms with Gasteiger partial charge in [-0.3, -0.25) is 0 Å². The summed E-state index contributed by atoms with van der Waals surface area (Å²) in [7, 11) is 0. The van der Waals surface area contributed by atoms with Crippen LogP contribution in [0, 0.1) is 28.6 Å². The van der Waals surface area contributed by atoms with Gasteiger partial charge in [0.1, 0.15) is 0 Å². The van der Waals surface area contributed by atoms with E-state index in [9.17, 15) is 5.11 Å². The molecule has 4 aliphatic carbocycles. The van der Waals surface area contributed by atoms with Crippen LogP contribution in [0.3, 0.4) is 0 Å². The molecule has 6 rings (SSSR count). The molecule has 1 aliphatic heterocycles. The number of aliphatic hydroxyl groups is 1. The molecule has 0 radical (unpaired) electrons. The normalized spacial score (nSPS) is 44.8.